The molecule has 0 radical (unpaired) electrons. The number of hydrogen-bond donors (Lipinski definition) is 0. The molecule has 1 spiro atoms. The van der Waals surface area contributed by atoms with Crippen molar-refractivity contribution in [2.75, 3.05) is 33.8 Å². The Bertz CT molecular complexity index is 453. The summed E-state index contributed by atoms with van der Waals surface area (Å²) in [5.41, 5.74) is 1.65. The van der Waals surface area contributed by atoms with Crippen LogP contribution in [0.4, 0.5) is 0 Å². The first kappa shape index (κ1) is 15.0. The maximum absolute atomic E-state index is 5.24. The second kappa shape index (κ2) is 6.46. The number of hydrogen-bond acceptors (Lipinski definition) is 4. The van der Waals surface area contributed by atoms with E-state index < -0.39 is 0 Å². The van der Waals surface area contributed by atoms with Crippen LogP contribution in [0.5, 0.6) is 0 Å². The molecule has 1 aliphatic heterocycles. The summed E-state index contributed by atoms with van der Waals surface area (Å²) in [6.07, 6.45) is 8.73. The van der Waals surface area contributed by atoms with Gasteiger partial charge in [0, 0.05) is 45.0 Å². The lowest BCUT2D eigenvalue weighted by molar-refractivity contribution is -0.0263. The number of piperazine rings is 1. The Morgan fingerprint density at radius 2 is 2.05 bits per heavy atom. The summed E-state index contributed by atoms with van der Waals surface area (Å²) in [7, 11) is 3.99. The third kappa shape index (κ3) is 3.15. The zero-order chi connectivity index (χ0) is 14.7. The highest BCUT2D eigenvalue weighted by Gasteiger charge is 2.41. The van der Waals surface area contributed by atoms with Gasteiger partial charge in [0.1, 0.15) is 6.73 Å². The minimum atomic E-state index is 0.382. The van der Waals surface area contributed by atoms with Crippen LogP contribution in [0.1, 0.15) is 37.8 Å². The number of ether oxygens (including phenoxy) is 1. The highest BCUT2D eigenvalue weighted by Crippen LogP contribution is 2.37. The Hall–Kier alpha value is -0.910. The van der Waals surface area contributed by atoms with Crippen molar-refractivity contribution in [2.24, 2.45) is 0 Å². The first-order chi connectivity index (χ1) is 10.2. The normalized spacial score (nSPS) is 23.7. The number of aromatic nitrogens is 2. The van der Waals surface area contributed by atoms with Crippen molar-refractivity contribution < 1.29 is 4.74 Å². The van der Waals surface area contributed by atoms with E-state index in [0.717, 1.165) is 13.1 Å². The van der Waals surface area contributed by atoms with Gasteiger partial charge in [-0.2, -0.15) is 5.10 Å². The maximum atomic E-state index is 5.24. The van der Waals surface area contributed by atoms with E-state index in [1.165, 1.54) is 50.9 Å². The molecular weight excluding hydrogens is 264 g/mol. The van der Waals surface area contributed by atoms with Crippen molar-refractivity contribution in [1.29, 1.82) is 0 Å². The summed E-state index contributed by atoms with van der Waals surface area (Å²) in [6, 6.07) is 2.13. The zero-order valence-corrected chi connectivity index (χ0v) is 13.4. The van der Waals surface area contributed by atoms with Gasteiger partial charge < -0.3 is 9.64 Å². The highest BCUT2D eigenvalue weighted by atomic mass is 16.5. The topological polar surface area (TPSA) is 33.5 Å². The van der Waals surface area contributed by atoms with Crippen molar-refractivity contribution in [3.05, 3.63) is 18.0 Å². The summed E-state index contributed by atoms with van der Waals surface area (Å²) in [6.45, 7) is 5.08. The summed E-state index contributed by atoms with van der Waals surface area (Å²) < 4.78 is 7.22. The molecule has 1 aliphatic carbocycles. The van der Waals surface area contributed by atoms with Gasteiger partial charge in [0.2, 0.25) is 0 Å². The van der Waals surface area contributed by atoms with E-state index in [2.05, 4.69) is 28.0 Å². The lowest BCUT2D eigenvalue weighted by Gasteiger charge is -2.52. The molecule has 3 rings (SSSR count). The molecule has 0 N–H and O–H groups in total. The van der Waals surface area contributed by atoms with Gasteiger partial charge in [-0.05, 0) is 26.0 Å². The fraction of sp³-hybridized carbons (Fsp3) is 0.812. The maximum Gasteiger partial charge on any atom is 0.139 e. The van der Waals surface area contributed by atoms with Crippen LogP contribution in [0.25, 0.3) is 0 Å². The van der Waals surface area contributed by atoms with E-state index in [9.17, 15) is 0 Å². The number of likely N-dealkylation sites (N-methyl/N-ethyl adjacent to an activating group) is 1. The lowest BCUT2D eigenvalue weighted by atomic mass is 9.78. The molecule has 0 aromatic carbocycles. The third-order valence-corrected chi connectivity index (χ3v) is 5.18. The van der Waals surface area contributed by atoms with Gasteiger partial charge in [-0.1, -0.05) is 19.3 Å². The smallest absolute Gasteiger partial charge is 0.139 e. The standard InChI is InChI=1S/C16H28N4O/c1-18-10-11-19(16(13-18)7-4-3-5-8-16)12-15-6-9-17-20(15)14-21-2/h6,9H,3-5,7-8,10-14H2,1-2H3. The molecular formula is C16H28N4O. The predicted octanol–water partition coefficient (Wildman–Crippen LogP) is 1.94. The first-order valence-corrected chi connectivity index (χ1v) is 8.17. The summed E-state index contributed by atoms with van der Waals surface area (Å²) in [5.74, 6) is 0. The average Bonchev–Trinajstić information content (AvgIpc) is 2.91. The molecule has 2 heterocycles. The first-order valence-electron chi connectivity index (χ1n) is 8.17. The monoisotopic (exact) mass is 292 g/mol. The van der Waals surface area contributed by atoms with Crippen LogP contribution in [0.2, 0.25) is 0 Å². The Balaban J connectivity index is 1.76. The molecule has 2 fully saturated rings. The quantitative estimate of drug-likeness (QED) is 0.849. The molecule has 21 heavy (non-hydrogen) atoms. The molecule has 2 aliphatic rings. The number of nitrogens with zero attached hydrogens (tertiary/aromatic N) is 4. The van der Waals surface area contributed by atoms with Crippen LogP contribution in [0, 0.1) is 0 Å². The number of methoxy groups -OCH3 is 1. The molecule has 0 amide bonds. The lowest BCUT2D eigenvalue weighted by Crippen LogP contribution is -2.61. The molecule has 5 nitrogen and oxygen atoms in total. The largest absolute Gasteiger partial charge is 0.362 e. The van der Waals surface area contributed by atoms with Crippen molar-refractivity contribution in [1.82, 2.24) is 19.6 Å². The summed E-state index contributed by atoms with van der Waals surface area (Å²) in [5, 5.41) is 4.37. The van der Waals surface area contributed by atoms with Crippen LogP contribution in [-0.4, -0.2) is 58.9 Å². The van der Waals surface area contributed by atoms with Crippen LogP contribution < -0.4 is 0 Å². The molecule has 0 unspecified atom stereocenters. The van der Waals surface area contributed by atoms with E-state index in [1.54, 1.807) is 7.11 Å². The average molecular weight is 292 g/mol. The van der Waals surface area contributed by atoms with E-state index >= 15 is 0 Å². The Morgan fingerprint density at radius 1 is 1.24 bits per heavy atom. The molecule has 118 valence electrons. The summed E-state index contributed by atoms with van der Waals surface area (Å²) >= 11 is 0. The van der Waals surface area contributed by atoms with Gasteiger partial charge in [-0.15, -0.1) is 0 Å². The molecule has 1 saturated carbocycles. The predicted molar refractivity (Wildman–Crippen MR) is 83.0 cm³/mol. The molecule has 1 aromatic heterocycles. The summed E-state index contributed by atoms with van der Waals surface area (Å²) in [4.78, 5) is 5.23. The van der Waals surface area contributed by atoms with Gasteiger partial charge >= 0.3 is 0 Å². The fourth-order valence-corrected chi connectivity index (χ4v) is 4.07. The van der Waals surface area contributed by atoms with Gasteiger partial charge in [-0.25, -0.2) is 4.68 Å². The zero-order valence-electron chi connectivity index (χ0n) is 13.4. The van der Waals surface area contributed by atoms with E-state index in [-0.39, 0.29) is 0 Å². The van der Waals surface area contributed by atoms with Crippen molar-refractivity contribution in [3.63, 3.8) is 0 Å². The van der Waals surface area contributed by atoms with Crippen LogP contribution in [0.15, 0.2) is 12.3 Å². The van der Waals surface area contributed by atoms with Gasteiger partial charge in [0.15, 0.2) is 0 Å². The van der Waals surface area contributed by atoms with Crippen LogP contribution in [0.3, 0.4) is 0 Å². The third-order valence-electron chi connectivity index (χ3n) is 5.18. The highest BCUT2D eigenvalue weighted by molar-refractivity contribution is 5.05. The van der Waals surface area contributed by atoms with Crippen molar-refractivity contribution >= 4 is 0 Å². The van der Waals surface area contributed by atoms with Crippen LogP contribution >= 0.6 is 0 Å². The molecule has 5 heteroatoms. The van der Waals surface area contributed by atoms with Gasteiger partial charge in [0.25, 0.3) is 0 Å². The SMILES string of the molecule is COCn1nccc1CN1CCN(C)CC12CCCCC2. The second-order valence-electron chi connectivity index (χ2n) is 6.68. The Labute approximate surface area is 127 Å². The van der Waals surface area contributed by atoms with Crippen molar-refractivity contribution in [2.45, 2.75) is 50.9 Å². The van der Waals surface area contributed by atoms with Crippen molar-refractivity contribution in [3.8, 4) is 0 Å². The van der Waals surface area contributed by atoms with E-state index in [0.29, 0.717) is 12.3 Å². The minimum absolute atomic E-state index is 0.382. The van der Waals surface area contributed by atoms with E-state index in [1.807, 2.05) is 10.9 Å². The molecule has 1 aromatic rings. The van der Waals surface area contributed by atoms with Gasteiger partial charge in [0.05, 0.1) is 5.69 Å². The minimum Gasteiger partial charge on any atom is -0.362 e. The fourth-order valence-electron chi connectivity index (χ4n) is 4.07. The Morgan fingerprint density at radius 3 is 2.81 bits per heavy atom. The Kier molecular flexibility index (Phi) is 4.62. The second-order valence-corrected chi connectivity index (χ2v) is 6.68. The van der Waals surface area contributed by atoms with Gasteiger partial charge in [-0.3, -0.25) is 4.90 Å². The van der Waals surface area contributed by atoms with E-state index in [4.69, 9.17) is 4.74 Å². The molecule has 0 bridgehead atoms. The van der Waals surface area contributed by atoms with Crippen LogP contribution in [-0.2, 0) is 18.0 Å². The molecule has 1 saturated heterocycles. The number of rotatable bonds is 4. The molecule has 0 atom stereocenters.